The molecule has 1 N–H and O–H groups in total. The van der Waals surface area contributed by atoms with E-state index in [2.05, 4.69) is 5.10 Å². The third kappa shape index (κ3) is 2.05. The van der Waals surface area contributed by atoms with Crippen LogP contribution in [-0.2, 0) is 7.05 Å². The molecule has 0 aliphatic heterocycles. The van der Waals surface area contributed by atoms with Gasteiger partial charge < -0.3 is 14.3 Å². The zero-order valence-corrected chi connectivity index (χ0v) is 11.9. The Hall–Kier alpha value is -2.76. The number of rotatable bonds is 3. The molecule has 6 heteroatoms. The van der Waals surface area contributed by atoms with Gasteiger partial charge in [-0.25, -0.2) is 4.79 Å². The van der Waals surface area contributed by atoms with Crippen molar-refractivity contribution >= 4 is 16.9 Å². The van der Waals surface area contributed by atoms with Crippen molar-refractivity contribution in [2.75, 3.05) is 7.11 Å². The Balaban J connectivity index is 2.28. The number of aromatic nitrogens is 2. The van der Waals surface area contributed by atoms with E-state index in [1.807, 2.05) is 19.1 Å². The normalized spacial score (nSPS) is 11.0. The molecule has 0 radical (unpaired) electrons. The van der Waals surface area contributed by atoms with Crippen LogP contribution in [-0.4, -0.2) is 28.0 Å². The van der Waals surface area contributed by atoms with Crippen LogP contribution in [0.5, 0.6) is 5.75 Å². The average molecular weight is 286 g/mol. The Morgan fingerprint density at radius 3 is 2.76 bits per heavy atom. The summed E-state index contributed by atoms with van der Waals surface area (Å²) in [4.78, 5) is 11.1. The second-order valence-electron chi connectivity index (χ2n) is 4.76. The van der Waals surface area contributed by atoms with Gasteiger partial charge in [-0.2, -0.15) is 5.10 Å². The summed E-state index contributed by atoms with van der Waals surface area (Å²) in [5.41, 5.74) is 2.22. The molecule has 0 bridgehead atoms. The molecule has 2 heterocycles. The SMILES string of the molecule is COc1ccc(-c2cc(C(=O)O)nn2C)c2cc(C)oc12. The van der Waals surface area contributed by atoms with Crippen LogP contribution in [0.3, 0.4) is 0 Å². The van der Waals surface area contributed by atoms with E-state index in [4.69, 9.17) is 14.3 Å². The molecule has 0 saturated carbocycles. The molecule has 0 amide bonds. The fraction of sp³-hybridized carbons (Fsp3) is 0.200. The van der Waals surface area contributed by atoms with Gasteiger partial charge in [0, 0.05) is 18.0 Å². The fourth-order valence-corrected chi connectivity index (χ4v) is 2.43. The Bertz CT molecular complexity index is 845. The van der Waals surface area contributed by atoms with Gasteiger partial charge in [-0.15, -0.1) is 0 Å². The second kappa shape index (κ2) is 4.66. The van der Waals surface area contributed by atoms with Crippen LogP contribution < -0.4 is 4.74 Å². The first kappa shape index (κ1) is 13.2. The summed E-state index contributed by atoms with van der Waals surface area (Å²) < 4.78 is 12.5. The third-order valence-electron chi connectivity index (χ3n) is 3.37. The number of aromatic carboxylic acids is 1. The highest BCUT2D eigenvalue weighted by atomic mass is 16.5. The van der Waals surface area contributed by atoms with E-state index < -0.39 is 5.97 Å². The zero-order valence-electron chi connectivity index (χ0n) is 11.9. The van der Waals surface area contributed by atoms with E-state index in [0.717, 1.165) is 16.7 Å². The Kier molecular flexibility index (Phi) is 2.94. The number of hydrogen-bond acceptors (Lipinski definition) is 4. The topological polar surface area (TPSA) is 77.5 Å². The summed E-state index contributed by atoms with van der Waals surface area (Å²) in [5, 5.41) is 13.9. The predicted molar refractivity (Wildman–Crippen MR) is 76.7 cm³/mol. The molecule has 1 aromatic carbocycles. The second-order valence-corrected chi connectivity index (χ2v) is 4.76. The molecular formula is C15H14N2O4. The maximum Gasteiger partial charge on any atom is 0.356 e. The summed E-state index contributed by atoms with van der Waals surface area (Å²) in [6.45, 7) is 1.86. The van der Waals surface area contributed by atoms with Gasteiger partial charge in [-0.1, -0.05) is 0 Å². The number of furan rings is 1. The number of carboxylic acids is 1. The standard InChI is InChI=1S/C15H14N2O4/c1-8-6-10-9(4-5-13(20-3)14(10)21-8)12-7-11(15(18)19)16-17(12)2/h4-7H,1-3H3,(H,18,19). The molecule has 0 atom stereocenters. The van der Waals surface area contributed by atoms with Crippen molar-refractivity contribution in [2.45, 2.75) is 6.92 Å². The molecule has 6 nitrogen and oxygen atoms in total. The van der Waals surface area contributed by atoms with E-state index >= 15 is 0 Å². The molecule has 0 fully saturated rings. The van der Waals surface area contributed by atoms with Crippen molar-refractivity contribution in [3.8, 4) is 17.0 Å². The summed E-state index contributed by atoms with van der Waals surface area (Å²) in [5.74, 6) is 0.351. The van der Waals surface area contributed by atoms with Gasteiger partial charge >= 0.3 is 5.97 Å². The number of benzene rings is 1. The van der Waals surface area contributed by atoms with Crippen molar-refractivity contribution in [1.29, 1.82) is 0 Å². The molecule has 0 unspecified atom stereocenters. The lowest BCUT2D eigenvalue weighted by Crippen LogP contribution is -1.99. The van der Waals surface area contributed by atoms with Gasteiger partial charge in [-0.05, 0) is 31.2 Å². The van der Waals surface area contributed by atoms with Crippen LogP contribution in [0.15, 0.2) is 28.7 Å². The minimum atomic E-state index is -1.05. The predicted octanol–water partition coefficient (Wildman–Crippen LogP) is 2.85. The number of carboxylic acid groups (broad SMARTS) is 1. The van der Waals surface area contributed by atoms with E-state index in [1.165, 1.54) is 0 Å². The molecule has 0 saturated heterocycles. The number of carbonyl (C=O) groups is 1. The van der Waals surface area contributed by atoms with Gasteiger partial charge in [0.25, 0.3) is 0 Å². The van der Waals surface area contributed by atoms with Crippen LogP contribution in [0, 0.1) is 6.92 Å². The first-order valence-corrected chi connectivity index (χ1v) is 6.36. The largest absolute Gasteiger partial charge is 0.493 e. The first-order valence-electron chi connectivity index (χ1n) is 6.36. The number of fused-ring (bicyclic) bond motifs is 1. The van der Waals surface area contributed by atoms with Crippen LogP contribution >= 0.6 is 0 Å². The molecule has 0 aliphatic rings. The molecular weight excluding hydrogens is 272 g/mol. The van der Waals surface area contributed by atoms with E-state index in [9.17, 15) is 4.79 Å². The lowest BCUT2D eigenvalue weighted by Gasteiger charge is -2.06. The van der Waals surface area contributed by atoms with Crippen molar-refractivity contribution in [2.24, 2.45) is 7.05 Å². The van der Waals surface area contributed by atoms with Gasteiger partial charge in [0.15, 0.2) is 17.0 Å². The molecule has 0 spiro atoms. The third-order valence-corrected chi connectivity index (χ3v) is 3.37. The molecule has 21 heavy (non-hydrogen) atoms. The van der Waals surface area contributed by atoms with Crippen molar-refractivity contribution in [3.63, 3.8) is 0 Å². The summed E-state index contributed by atoms with van der Waals surface area (Å²) in [7, 11) is 3.30. The quantitative estimate of drug-likeness (QED) is 0.801. The average Bonchev–Trinajstić information content (AvgIpc) is 3.00. The van der Waals surface area contributed by atoms with Gasteiger partial charge in [0.1, 0.15) is 5.76 Å². The Labute approximate surface area is 120 Å². The van der Waals surface area contributed by atoms with Gasteiger partial charge in [0.05, 0.1) is 12.8 Å². The lowest BCUT2D eigenvalue weighted by molar-refractivity contribution is 0.0689. The molecule has 0 aliphatic carbocycles. The van der Waals surface area contributed by atoms with Gasteiger partial charge in [-0.3, -0.25) is 4.68 Å². The van der Waals surface area contributed by atoms with E-state index in [0.29, 0.717) is 17.0 Å². The molecule has 108 valence electrons. The zero-order chi connectivity index (χ0) is 15.1. The van der Waals surface area contributed by atoms with Crippen LogP contribution in [0.1, 0.15) is 16.2 Å². The number of ether oxygens (including phenoxy) is 1. The van der Waals surface area contributed by atoms with E-state index in [-0.39, 0.29) is 5.69 Å². The van der Waals surface area contributed by atoms with Crippen molar-refractivity contribution < 1.29 is 19.1 Å². The van der Waals surface area contributed by atoms with Crippen molar-refractivity contribution in [1.82, 2.24) is 9.78 Å². The van der Waals surface area contributed by atoms with Crippen LogP contribution in [0.2, 0.25) is 0 Å². The minimum Gasteiger partial charge on any atom is -0.493 e. The summed E-state index contributed by atoms with van der Waals surface area (Å²) in [6.07, 6.45) is 0. The van der Waals surface area contributed by atoms with E-state index in [1.54, 1.807) is 31.0 Å². The highest BCUT2D eigenvalue weighted by molar-refractivity contribution is 5.98. The fourth-order valence-electron chi connectivity index (χ4n) is 2.43. The Morgan fingerprint density at radius 2 is 2.14 bits per heavy atom. The highest BCUT2D eigenvalue weighted by Crippen LogP contribution is 2.36. The summed E-state index contributed by atoms with van der Waals surface area (Å²) >= 11 is 0. The smallest absolute Gasteiger partial charge is 0.356 e. The Morgan fingerprint density at radius 1 is 1.38 bits per heavy atom. The number of methoxy groups -OCH3 is 1. The maximum absolute atomic E-state index is 11.1. The maximum atomic E-state index is 11.1. The number of hydrogen-bond donors (Lipinski definition) is 1. The lowest BCUT2D eigenvalue weighted by atomic mass is 10.1. The summed E-state index contributed by atoms with van der Waals surface area (Å²) in [6, 6.07) is 7.12. The number of aryl methyl sites for hydroxylation is 2. The monoisotopic (exact) mass is 286 g/mol. The van der Waals surface area contributed by atoms with Crippen LogP contribution in [0.4, 0.5) is 0 Å². The molecule has 3 aromatic rings. The van der Waals surface area contributed by atoms with Gasteiger partial charge in [0.2, 0.25) is 0 Å². The van der Waals surface area contributed by atoms with Crippen LogP contribution in [0.25, 0.3) is 22.2 Å². The molecule has 2 aromatic heterocycles. The highest BCUT2D eigenvalue weighted by Gasteiger charge is 2.18. The minimum absolute atomic E-state index is 0.0108. The first-order chi connectivity index (χ1) is 10.0. The number of nitrogens with zero attached hydrogens (tertiary/aromatic N) is 2. The molecule has 3 rings (SSSR count). The van der Waals surface area contributed by atoms with Crippen molar-refractivity contribution in [3.05, 3.63) is 35.7 Å².